The fourth-order valence-corrected chi connectivity index (χ4v) is 16.3. The monoisotopic (exact) mass is 960 g/mol. The van der Waals surface area contributed by atoms with E-state index in [0.29, 0.717) is 36.0 Å². The Morgan fingerprint density at radius 1 is 0.833 bits per heavy atom. The summed E-state index contributed by atoms with van der Waals surface area (Å²) >= 11 is 0. The van der Waals surface area contributed by atoms with Gasteiger partial charge in [0.15, 0.2) is 0 Å². The summed E-state index contributed by atoms with van der Waals surface area (Å²) in [4.78, 5) is 30.8. The Morgan fingerprint density at radius 2 is 1.71 bits per heavy atom. The lowest BCUT2D eigenvalue weighted by molar-refractivity contribution is -0.135. The molecule has 15 rings (SSSR count). The number of carbonyl (C=O) groups is 2. The Kier molecular flexibility index (Phi) is 11.5. The highest BCUT2D eigenvalue weighted by Gasteiger charge is 2.73. The van der Waals surface area contributed by atoms with Crippen LogP contribution < -0.4 is 16.0 Å². The van der Waals surface area contributed by atoms with Crippen LogP contribution in [0.5, 0.6) is 5.75 Å². The first kappa shape index (κ1) is 46.0. The number of benzene rings is 4. The zero-order chi connectivity index (χ0) is 48.8. The minimum atomic E-state index is -0.942. The maximum absolute atomic E-state index is 15.4. The maximum atomic E-state index is 15.4. The highest BCUT2D eigenvalue weighted by Crippen LogP contribution is 2.77. The van der Waals surface area contributed by atoms with Gasteiger partial charge in [-0.1, -0.05) is 97.9 Å². The standard InChI is InChI=1S/C64H69N3O5/c1-3-39(31-40-9-5-4-6-10-40)34-54-64-28-19-51-56(58(64)61(70)72-54)50-37-47(68)15-16-48(50)44-13-8-14-45(35-44)52-20-27-63(51)26-18-49-53(71-60(69)57(49)59(63)64)21-25-62(46-23-30-67-55(36-46)65-2)24-17-43(38-62)33-42-12-7-11-41(32-42)22-29-66-52/h4-16,20-21,27,32,34-35,37,39,43,46,51-52,55,59,65-68H,3,17-19,22-26,28-31,33,36,38H2,1-2H3/b27-20+,53-21?,54-34-/t39-,43-,46+,51-,52-,55+,59-,62-,63-,64-/m0/s1. The van der Waals surface area contributed by atoms with E-state index in [0.717, 1.165) is 122 Å². The average molecular weight is 960 g/mol. The molecule has 11 aliphatic rings. The van der Waals surface area contributed by atoms with Gasteiger partial charge in [-0.25, -0.2) is 9.59 Å². The van der Waals surface area contributed by atoms with Crippen molar-refractivity contribution < 1.29 is 24.2 Å². The molecular weight excluding hydrogens is 891 g/mol. The fraction of sp³-hybridized carbons (Fsp3) is 0.438. The smallest absolute Gasteiger partial charge is 0.340 e. The van der Waals surface area contributed by atoms with Gasteiger partial charge in [-0.05, 0) is 207 Å². The molecule has 4 aromatic carbocycles. The van der Waals surface area contributed by atoms with Crippen molar-refractivity contribution in [2.24, 2.45) is 45.8 Å². The Labute approximate surface area is 425 Å². The van der Waals surface area contributed by atoms with Crippen molar-refractivity contribution in [2.45, 2.75) is 109 Å². The van der Waals surface area contributed by atoms with Crippen LogP contribution in [-0.4, -0.2) is 43.3 Å². The van der Waals surface area contributed by atoms with Crippen molar-refractivity contribution in [3.63, 3.8) is 0 Å². The number of hydrogen-bond donors (Lipinski definition) is 4. The van der Waals surface area contributed by atoms with Crippen molar-refractivity contribution in [1.82, 2.24) is 16.0 Å². The van der Waals surface area contributed by atoms with Gasteiger partial charge < -0.3 is 30.5 Å². The first-order chi connectivity index (χ1) is 35.2. The van der Waals surface area contributed by atoms with Crippen LogP contribution in [0.1, 0.15) is 111 Å². The first-order valence-corrected chi connectivity index (χ1v) is 27.4. The lowest BCUT2D eigenvalue weighted by atomic mass is 9.38. The number of phenols is 1. The number of phenolic OH excluding ortho intramolecular Hbond substituents is 1. The molecule has 0 radical (unpaired) electrons. The minimum absolute atomic E-state index is 0.0879. The number of rotatable bonds is 6. The molecule has 0 aromatic heterocycles. The van der Waals surface area contributed by atoms with Crippen LogP contribution in [0.15, 0.2) is 150 Å². The number of ether oxygens (including phenoxy) is 2. The van der Waals surface area contributed by atoms with Crippen LogP contribution in [0.2, 0.25) is 0 Å². The Hall–Kier alpha value is -5.80. The summed E-state index contributed by atoms with van der Waals surface area (Å²) < 4.78 is 13.6. The van der Waals surface area contributed by atoms with Gasteiger partial charge in [0.05, 0.1) is 23.2 Å². The van der Waals surface area contributed by atoms with Gasteiger partial charge in [0.25, 0.3) is 0 Å². The molecule has 2 spiro atoms. The highest BCUT2D eigenvalue weighted by atomic mass is 16.6. The predicted molar refractivity (Wildman–Crippen MR) is 282 cm³/mol. The number of allylic oxidation sites excluding steroid dienone is 6. The minimum Gasteiger partial charge on any atom is -0.508 e. The van der Waals surface area contributed by atoms with Crippen LogP contribution in [0.25, 0.3) is 16.7 Å². The molecular formula is C64H69N3O5. The molecule has 6 aliphatic carbocycles. The van der Waals surface area contributed by atoms with Crippen molar-refractivity contribution >= 4 is 17.5 Å². The molecule has 4 N–H and O–H groups in total. The molecule has 5 heterocycles. The summed E-state index contributed by atoms with van der Waals surface area (Å²) in [5.41, 5.74) is 10.0. The zero-order valence-electron chi connectivity index (χ0n) is 42.0. The number of piperidine rings is 1. The molecule has 2 saturated carbocycles. The zero-order valence-corrected chi connectivity index (χ0v) is 42.0. The molecule has 0 amide bonds. The lowest BCUT2D eigenvalue weighted by Gasteiger charge is -2.62. The number of carbonyl (C=O) groups excluding carboxylic acids is 2. The van der Waals surface area contributed by atoms with E-state index in [2.05, 4.69) is 133 Å². The Bertz CT molecular complexity index is 3020. The largest absolute Gasteiger partial charge is 0.508 e. The van der Waals surface area contributed by atoms with E-state index < -0.39 is 16.7 Å². The second-order valence-corrected chi connectivity index (χ2v) is 23.1. The number of aromatic hydroxyl groups is 1. The molecule has 4 fully saturated rings. The highest BCUT2D eigenvalue weighted by molar-refractivity contribution is 6.08. The van der Waals surface area contributed by atoms with Gasteiger partial charge in [0, 0.05) is 29.0 Å². The molecule has 8 nitrogen and oxygen atoms in total. The second-order valence-electron chi connectivity index (χ2n) is 23.1. The maximum Gasteiger partial charge on any atom is 0.340 e. The van der Waals surface area contributed by atoms with Gasteiger partial charge in [0.2, 0.25) is 0 Å². The summed E-state index contributed by atoms with van der Waals surface area (Å²) in [6, 6.07) is 34.3. The molecule has 14 bridgehead atoms. The molecule has 370 valence electrons. The van der Waals surface area contributed by atoms with E-state index >= 15 is 9.59 Å². The Morgan fingerprint density at radius 3 is 2.58 bits per heavy atom. The number of hydrogen-bond acceptors (Lipinski definition) is 8. The van der Waals surface area contributed by atoms with Crippen molar-refractivity contribution in [1.29, 1.82) is 0 Å². The number of esters is 2. The third kappa shape index (κ3) is 7.40. The van der Waals surface area contributed by atoms with E-state index in [1.54, 1.807) is 6.07 Å². The molecule has 2 saturated heterocycles. The van der Waals surface area contributed by atoms with Gasteiger partial charge in [0.1, 0.15) is 17.3 Å². The van der Waals surface area contributed by atoms with Gasteiger partial charge in [-0.15, -0.1) is 0 Å². The quantitative estimate of drug-likeness (QED) is 0.112. The lowest BCUT2D eigenvalue weighted by Crippen LogP contribution is -2.58. The van der Waals surface area contributed by atoms with E-state index in [1.807, 2.05) is 12.1 Å². The number of nitrogens with one attached hydrogen (secondary N) is 3. The van der Waals surface area contributed by atoms with Gasteiger partial charge >= 0.3 is 11.9 Å². The summed E-state index contributed by atoms with van der Waals surface area (Å²) in [6.45, 7) is 4.00. The first-order valence-electron chi connectivity index (χ1n) is 27.4. The molecule has 72 heavy (non-hydrogen) atoms. The summed E-state index contributed by atoms with van der Waals surface area (Å²) in [7, 11) is 2.07. The molecule has 10 atom stereocenters. The average Bonchev–Trinajstić information content (AvgIpc) is 4.06. The molecule has 8 heteroatoms. The van der Waals surface area contributed by atoms with Crippen LogP contribution in [0.4, 0.5) is 0 Å². The molecule has 5 aliphatic heterocycles. The third-order valence-electron chi connectivity index (χ3n) is 19.6. The number of fused-ring (bicyclic) bond motifs is 9. The molecule has 0 unspecified atom stereocenters. The van der Waals surface area contributed by atoms with Crippen molar-refractivity contribution in [3.8, 4) is 16.9 Å². The summed E-state index contributed by atoms with van der Waals surface area (Å²) in [5.74, 6) is 1.67. The molecule has 4 aromatic rings. The van der Waals surface area contributed by atoms with E-state index in [9.17, 15) is 5.11 Å². The fourth-order valence-electron chi connectivity index (χ4n) is 16.3. The third-order valence-corrected chi connectivity index (χ3v) is 19.6. The van der Waals surface area contributed by atoms with E-state index in [4.69, 9.17) is 9.47 Å². The summed E-state index contributed by atoms with van der Waals surface area (Å²) in [6.07, 6.45) is 23.0. The van der Waals surface area contributed by atoms with Crippen LogP contribution >= 0.6 is 0 Å². The predicted octanol–water partition coefficient (Wildman–Crippen LogP) is 11.8. The van der Waals surface area contributed by atoms with Crippen LogP contribution in [-0.2, 0) is 38.3 Å². The van der Waals surface area contributed by atoms with Gasteiger partial charge in [-0.3, -0.25) is 0 Å². The topological polar surface area (TPSA) is 109 Å². The van der Waals surface area contributed by atoms with Crippen molar-refractivity contribution in [2.75, 3.05) is 20.1 Å². The van der Waals surface area contributed by atoms with Crippen LogP contribution in [0.3, 0.4) is 0 Å². The van der Waals surface area contributed by atoms with Gasteiger partial charge in [-0.2, -0.15) is 0 Å². The number of cyclic esters (lactones) is 1. The van der Waals surface area contributed by atoms with E-state index in [1.165, 1.54) is 29.5 Å². The summed E-state index contributed by atoms with van der Waals surface area (Å²) in [5, 5.41) is 22.8. The Balaban J connectivity index is 1.05. The van der Waals surface area contributed by atoms with E-state index in [-0.39, 0.29) is 47.1 Å². The SMILES string of the molecule is CC[C@H](/C=C1\OC(=O)C2=C3c4cc(O)ccc4-c4cccc(c4)[C@@H]4/C=C/[C@]56CCC7=C(C(=O)OC7=CC[C@@]7([C@@H]8CCN[C@@H](NC)C8)CC[C@@H](Cc8cccc(c8)CCN4)C7)[C@@H]5[C@]21CC[C@@H]36)Cc1ccccc1. The normalized spacial score (nSPS) is 33.8. The van der Waals surface area contributed by atoms with Crippen molar-refractivity contribution in [3.05, 3.63) is 177 Å². The van der Waals surface area contributed by atoms with Crippen LogP contribution in [0, 0.1) is 45.8 Å². The second kappa shape index (κ2) is 18.0.